The molecular weight excluding hydrogens is 520 g/mol. The summed E-state index contributed by atoms with van der Waals surface area (Å²) in [5.41, 5.74) is 1.67. The number of allylic oxidation sites excluding steroid dienone is 1. The van der Waals surface area contributed by atoms with Crippen LogP contribution in [0.4, 0.5) is 0 Å². The summed E-state index contributed by atoms with van der Waals surface area (Å²) in [5.74, 6) is 0.871. The van der Waals surface area contributed by atoms with Crippen LogP contribution in [-0.2, 0) is 15.1 Å². The Morgan fingerprint density at radius 3 is 2.19 bits per heavy atom. The lowest BCUT2D eigenvalue weighted by molar-refractivity contribution is -0.236. The number of fused-ring (bicyclic) bond motifs is 5. The summed E-state index contributed by atoms with van der Waals surface area (Å²) < 4.78 is 13.6. The third-order valence-corrected chi connectivity index (χ3v) is 13.5. The van der Waals surface area contributed by atoms with Crippen LogP contribution in [0.15, 0.2) is 42.0 Å². The van der Waals surface area contributed by atoms with Gasteiger partial charge in [0.2, 0.25) is 0 Å². The lowest BCUT2D eigenvalue weighted by Gasteiger charge is -2.63. The van der Waals surface area contributed by atoms with Crippen LogP contribution in [0, 0.1) is 22.7 Å². The van der Waals surface area contributed by atoms with Gasteiger partial charge < -0.3 is 24.4 Å². The molecule has 6 aliphatic rings. The number of hydrogen-bond acceptors (Lipinski definition) is 5. The average molecular weight is 577 g/mol. The number of rotatable bonds is 9. The minimum atomic E-state index is -0.697. The van der Waals surface area contributed by atoms with E-state index in [9.17, 15) is 5.11 Å². The Bertz CT molecular complexity index is 1110. The van der Waals surface area contributed by atoms with E-state index >= 15 is 0 Å². The van der Waals surface area contributed by atoms with Crippen molar-refractivity contribution >= 4 is 0 Å². The first kappa shape index (κ1) is 29.5. The first-order valence-corrected chi connectivity index (χ1v) is 17.6. The van der Waals surface area contributed by atoms with Crippen molar-refractivity contribution in [3.8, 4) is 0 Å². The minimum absolute atomic E-state index is 0.184. The Kier molecular flexibility index (Phi) is 8.14. The van der Waals surface area contributed by atoms with Crippen molar-refractivity contribution in [2.24, 2.45) is 22.7 Å². The molecule has 1 N–H and O–H groups in total. The van der Waals surface area contributed by atoms with Gasteiger partial charge in [-0.3, -0.25) is 0 Å². The normalized spacial score (nSPS) is 42.3. The third kappa shape index (κ3) is 4.76. The van der Waals surface area contributed by atoms with Gasteiger partial charge in [-0.2, -0.15) is 0 Å². The Morgan fingerprint density at radius 1 is 0.786 bits per heavy atom. The SMILES string of the molecule is C[C@]12CCC(OCCN3CCCC3)C=C1CC[C@@H]1[C@H]2CC[C@]2(C)C(OCCN3CCCC3)(c3ccccc3)CC[C@@]12O. The van der Waals surface area contributed by atoms with Gasteiger partial charge in [0.1, 0.15) is 5.60 Å². The molecule has 3 saturated carbocycles. The Labute approximate surface area is 255 Å². The van der Waals surface area contributed by atoms with E-state index in [1.807, 2.05) is 0 Å². The van der Waals surface area contributed by atoms with Crippen molar-refractivity contribution in [2.45, 2.75) is 108 Å². The number of benzene rings is 1. The third-order valence-electron chi connectivity index (χ3n) is 13.5. The number of hydrogen-bond donors (Lipinski definition) is 1. The molecule has 232 valence electrons. The van der Waals surface area contributed by atoms with Crippen LogP contribution < -0.4 is 0 Å². The van der Waals surface area contributed by atoms with E-state index in [0.29, 0.717) is 11.8 Å². The van der Waals surface area contributed by atoms with E-state index in [-0.39, 0.29) is 16.9 Å². The summed E-state index contributed by atoms with van der Waals surface area (Å²) in [6.45, 7) is 13.5. The van der Waals surface area contributed by atoms with E-state index in [0.717, 1.165) is 64.8 Å². The van der Waals surface area contributed by atoms with E-state index in [4.69, 9.17) is 9.47 Å². The monoisotopic (exact) mass is 576 g/mol. The van der Waals surface area contributed by atoms with Gasteiger partial charge in [0.15, 0.2) is 0 Å². The fourth-order valence-electron chi connectivity index (χ4n) is 11.0. The second-order valence-electron chi connectivity index (χ2n) is 15.2. The van der Waals surface area contributed by atoms with E-state index in [2.05, 4.69) is 60.1 Å². The standard InChI is InChI=1S/C37H56N2O3/c1-34-16-14-31(41-26-24-38-20-6-7-21-38)28-30(34)12-13-33-32(34)15-17-35(2)36(33,40)18-19-37(35,29-10-4-3-5-11-29)42-27-25-39-22-8-9-23-39/h3-5,10-11,28,31-33,40H,6-9,12-27H2,1-2H3/t31?,32-,33-,34+,35+,36-,37?/m1/s1. The van der Waals surface area contributed by atoms with Crippen molar-refractivity contribution in [2.75, 3.05) is 52.5 Å². The lowest BCUT2D eigenvalue weighted by Crippen LogP contribution is -2.64. The molecule has 5 fully saturated rings. The molecule has 0 bridgehead atoms. The number of ether oxygens (including phenoxy) is 2. The highest BCUT2D eigenvalue weighted by Crippen LogP contribution is 2.72. The molecule has 1 aromatic carbocycles. The molecule has 1 aromatic rings. The zero-order chi connectivity index (χ0) is 28.8. The predicted octanol–water partition coefficient (Wildman–Crippen LogP) is 6.55. The Morgan fingerprint density at radius 2 is 1.48 bits per heavy atom. The molecular formula is C37H56N2O3. The van der Waals surface area contributed by atoms with Gasteiger partial charge in [-0.25, -0.2) is 0 Å². The van der Waals surface area contributed by atoms with Crippen molar-refractivity contribution in [1.29, 1.82) is 0 Å². The topological polar surface area (TPSA) is 45.2 Å². The van der Waals surface area contributed by atoms with Gasteiger partial charge in [-0.05, 0) is 126 Å². The van der Waals surface area contributed by atoms with Crippen LogP contribution >= 0.6 is 0 Å². The minimum Gasteiger partial charge on any atom is -0.389 e. The molecule has 0 amide bonds. The largest absolute Gasteiger partial charge is 0.389 e. The summed E-state index contributed by atoms with van der Waals surface area (Å²) in [5, 5.41) is 13.0. The smallest absolute Gasteiger partial charge is 0.101 e. The number of aliphatic hydroxyl groups is 1. The summed E-state index contributed by atoms with van der Waals surface area (Å²) in [4.78, 5) is 5.11. The van der Waals surface area contributed by atoms with Gasteiger partial charge in [0.05, 0.1) is 24.9 Å². The maximum Gasteiger partial charge on any atom is 0.101 e. The maximum absolute atomic E-state index is 13.0. The van der Waals surface area contributed by atoms with Gasteiger partial charge in [0.25, 0.3) is 0 Å². The molecule has 2 saturated heterocycles. The quantitative estimate of drug-likeness (QED) is 0.338. The van der Waals surface area contributed by atoms with Crippen molar-refractivity contribution in [1.82, 2.24) is 9.80 Å². The maximum atomic E-state index is 13.0. The van der Waals surface area contributed by atoms with Gasteiger partial charge in [-0.1, -0.05) is 55.8 Å². The van der Waals surface area contributed by atoms with Crippen LogP contribution in [0.3, 0.4) is 0 Å². The summed E-state index contributed by atoms with van der Waals surface area (Å²) in [7, 11) is 0. The molecule has 5 heteroatoms. The van der Waals surface area contributed by atoms with Crippen LogP contribution in [0.5, 0.6) is 0 Å². The van der Waals surface area contributed by atoms with Crippen molar-refractivity contribution in [3.63, 3.8) is 0 Å². The fourth-order valence-corrected chi connectivity index (χ4v) is 11.0. The van der Waals surface area contributed by atoms with Gasteiger partial charge in [-0.15, -0.1) is 0 Å². The zero-order valence-corrected chi connectivity index (χ0v) is 26.5. The first-order valence-electron chi connectivity index (χ1n) is 17.6. The van der Waals surface area contributed by atoms with E-state index < -0.39 is 11.2 Å². The Hall–Kier alpha value is -1.24. The second kappa shape index (κ2) is 11.6. The molecule has 2 aliphatic heterocycles. The summed E-state index contributed by atoms with van der Waals surface area (Å²) in [6.07, 6.45) is 16.6. The molecule has 0 radical (unpaired) electrons. The highest BCUT2D eigenvalue weighted by atomic mass is 16.5. The number of nitrogens with zero attached hydrogens (tertiary/aromatic N) is 2. The molecule has 0 spiro atoms. The molecule has 5 nitrogen and oxygen atoms in total. The van der Waals surface area contributed by atoms with Crippen LogP contribution in [0.25, 0.3) is 0 Å². The lowest BCUT2D eigenvalue weighted by atomic mass is 9.44. The highest BCUT2D eigenvalue weighted by molar-refractivity contribution is 5.35. The summed E-state index contributed by atoms with van der Waals surface area (Å²) in [6, 6.07) is 11.0. The molecule has 2 unspecified atom stereocenters. The first-order chi connectivity index (χ1) is 20.4. The fraction of sp³-hybridized carbons (Fsp3) is 0.784. The molecule has 7 atom stereocenters. The van der Waals surface area contributed by atoms with Crippen molar-refractivity contribution in [3.05, 3.63) is 47.5 Å². The van der Waals surface area contributed by atoms with Crippen LogP contribution in [0.2, 0.25) is 0 Å². The molecule has 2 heterocycles. The molecule has 4 aliphatic carbocycles. The van der Waals surface area contributed by atoms with E-state index in [1.165, 1.54) is 70.3 Å². The second-order valence-corrected chi connectivity index (χ2v) is 15.2. The van der Waals surface area contributed by atoms with Gasteiger partial charge in [0, 0.05) is 18.5 Å². The zero-order valence-electron chi connectivity index (χ0n) is 26.5. The highest BCUT2D eigenvalue weighted by Gasteiger charge is 2.72. The predicted molar refractivity (Wildman–Crippen MR) is 168 cm³/mol. The Balaban J connectivity index is 1.10. The molecule has 7 rings (SSSR count). The average Bonchev–Trinajstić information content (AvgIpc) is 3.76. The van der Waals surface area contributed by atoms with Crippen LogP contribution in [-0.4, -0.2) is 79.1 Å². The number of likely N-dealkylation sites (tertiary alicyclic amines) is 2. The molecule has 0 aromatic heterocycles. The van der Waals surface area contributed by atoms with Crippen molar-refractivity contribution < 1.29 is 14.6 Å². The van der Waals surface area contributed by atoms with Gasteiger partial charge >= 0.3 is 0 Å². The molecule has 42 heavy (non-hydrogen) atoms. The summed E-state index contributed by atoms with van der Waals surface area (Å²) >= 11 is 0. The van der Waals surface area contributed by atoms with E-state index in [1.54, 1.807) is 5.57 Å². The van der Waals surface area contributed by atoms with Crippen LogP contribution in [0.1, 0.15) is 96.5 Å².